The Labute approximate surface area is 154 Å². The van der Waals surface area contributed by atoms with Crippen LogP contribution in [0.4, 0.5) is 0 Å². The van der Waals surface area contributed by atoms with Gasteiger partial charge in [0, 0.05) is 5.02 Å². The van der Waals surface area contributed by atoms with Crippen LogP contribution in [0.2, 0.25) is 10.0 Å². The molecule has 0 aliphatic rings. The fourth-order valence-electron chi connectivity index (χ4n) is 2.15. The van der Waals surface area contributed by atoms with E-state index in [-0.39, 0.29) is 16.7 Å². The third kappa shape index (κ3) is 3.95. The van der Waals surface area contributed by atoms with Crippen LogP contribution in [0.15, 0.2) is 52.1 Å². The Bertz CT molecular complexity index is 1020. The van der Waals surface area contributed by atoms with E-state index in [1.807, 2.05) is 0 Å². The highest BCUT2D eigenvalue weighted by atomic mass is 35.5. The second-order valence-electron chi connectivity index (χ2n) is 5.11. The summed E-state index contributed by atoms with van der Waals surface area (Å²) < 4.78 is 35.4. The molecule has 1 aromatic heterocycles. The number of hydrogen-bond donors (Lipinski definition) is 0. The van der Waals surface area contributed by atoms with E-state index in [1.165, 1.54) is 13.2 Å². The lowest BCUT2D eigenvalue weighted by atomic mass is 10.2. The van der Waals surface area contributed by atoms with Gasteiger partial charge in [0.15, 0.2) is 0 Å². The SMILES string of the molecule is COc1cccc(CS(=O)(=O)c2nnc(-c3ccc(Cl)cc3Cl)o2)c1. The van der Waals surface area contributed by atoms with Gasteiger partial charge in [0.05, 0.1) is 23.4 Å². The second-order valence-corrected chi connectivity index (χ2v) is 7.82. The van der Waals surface area contributed by atoms with Gasteiger partial charge in [-0.05, 0) is 35.9 Å². The zero-order valence-corrected chi connectivity index (χ0v) is 15.3. The number of aromatic nitrogens is 2. The van der Waals surface area contributed by atoms with Crippen LogP contribution in [0.1, 0.15) is 5.56 Å². The standard InChI is InChI=1S/C16H12Cl2N2O4S/c1-23-12-4-2-3-10(7-12)9-25(21,22)16-20-19-15(24-16)13-6-5-11(17)8-14(13)18/h2-8H,9H2,1H3. The number of nitrogens with zero attached hydrogens (tertiary/aromatic N) is 2. The number of hydrogen-bond acceptors (Lipinski definition) is 6. The second kappa shape index (κ2) is 7.03. The van der Waals surface area contributed by atoms with E-state index in [0.717, 1.165) is 0 Å². The zero-order chi connectivity index (χ0) is 18.0. The summed E-state index contributed by atoms with van der Waals surface area (Å²) in [6, 6.07) is 11.4. The Morgan fingerprint density at radius 1 is 1.12 bits per heavy atom. The Kier molecular flexibility index (Phi) is 4.99. The summed E-state index contributed by atoms with van der Waals surface area (Å²) >= 11 is 11.9. The normalized spacial score (nSPS) is 11.5. The third-order valence-corrected chi connectivity index (χ3v) is 5.28. The van der Waals surface area contributed by atoms with E-state index >= 15 is 0 Å². The first-order valence-corrected chi connectivity index (χ1v) is 9.44. The van der Waals surface area contributed by atoms with Crippen LogP contribution in [0.25, 0.3) is 11.5 Å². The molecule has 0 unspecified atom stereocenters. The van der Waals surface area contributed by atoms with E-state index in [0.29, 0.717) is 21.9 Å². The number of halogens is 2. The van der Waals surface area contributed by atoms with Crippen LogP contribution >= 0.6 is 23.2 Å². The van der Waals surface area contributed by atoms with Crippen LogP contribution in [0.3, 0.4) is 0 Å². The number of rotatable bonds is 5. The highest BCUT2D eigenvalue weighted by molar-refractivity contribution is 7.90. The van der Waals surface area contributed by atoms with Gasteiger partial charge >= 0.3 is 5.22 Å². The molecule has 0 N–H and O–H groups in total. The molecule has 1 heterocycles. The molecule has 25 heavy (non-hydrogen) atoms. The molecule has 0 radical (unpaired) electrons. The minimum Gasteiger partial charge on any atom is -0.497 e. The first-order valence-electron chi connectivity index (χ1n) is 7.03. The van der Waals surface area contributed by atoms with Crippen molar-refractivity contribution in [2.24, 2.45) is 0 Å². The van der Waals surface area contributed by atoms with Gasteiger partial charge in [-0.25, -0.2) is 8.42 Å². The summed E-state index contributed by atoms with van der Waals surface area (Å²) in [7, 11) is -2.30. The van der Waals surface area contributed by atoms with Crippen LogP contribution in [0, 0.1) is 0 Å². The Balaban J connectivity index is 1.90. The molecule has 0 saturated heterocycles. The summed E-state index contributed by atoms with van der Waals surface area (Å²) in [5.41, 5.74) is 0.949. The molecule has 3 rings (SSSR count). The lowest BCUT2D eigenvalue weighted by Gasteiger charge is -2.03. The molecule has 3 aromatic rings. The molecule has 0 amide bonds. The number of benzene rings is 2. The summed E-state index contributed by atoms with van der Waals surface area (Å²) in [5.74, 6) is 0.276. The minimum atomic E-state index is -3.81. The molecule has 130 valence electrons. The third-order valence-electron chi connectivity index (χ3n) is 3.32. The van der Waals surface area contributed by atoms with Crippen molar-refractivity contribution >= 4 is 33.0 Å². The Hall–Kier alpha value is -2.09. The fraction of sp³-hybridized carbons (Fsp3) is 0.125. The molecule has 2 aromatic carbocycles. The van der Waals surface area contributed by atoms with E-state index in [2.05, 4.69) is 10.2 Å². The van der Waals surface area contributed by atoms with E-state index in [4.69, 9.17) is 32.4 Å². The summed E-state index contributed by atoms with van der Waals surface area (Å²) in [5, 5.41) is 7.66. The molecule has 0 aliphatic carbocycles. The van der Waals surface area contributed by atoms with Gasteiger partial charge in [0.1, 0.15) is 5.75 Å². The average molecular weight is 399 g/mol. The van der Waals surface area contributed by atoms with Crippen molar-refractivity contribution < 1.29 is 17.6 Å². The monoisotopic (exact) mass is 398 g/mol. The molecular weight excluding hydrogens is 387 g/mol. The highest BCUT2D eigenvalue weighted by Crippen LogP contribution is 2.30. The van der Waals surface area contributed by atoms with Crippen molar-refractivity contribution in [3.63, 3.8) is 0 Å². The summed E-state index contributed by atoms with van der Waals surface area (Å²) in [6.45, 7) is 0. The lowest BCUT2D eigenvalue weighted by Crippen LogP contribution is -2.05. The maximum Gasteiger partial charge on any atom is 0.336 e. The van der Waals surface area contributed by atoms with Crippen LogP contribution in [0.5, 0.6) is 5.75 Å². The molecular formula is C16H12Cl2N2O4S. The van der Waals surface area contributed by atoms with Crippen LogP contribution in [-0.4, -0.2) is 25.7 Å². The molecule has 0 bridgehead atoms. The molecule has 6 nitrogen and oxygen atoms in total. The van der Waals surface area contributed by atoms with E-state index in [9.17, 15) is 8.42 Å². The van der Waals surface area contributed by atoms with E-state index < -0.39 is 15.1 Å². The summed E-state index contributed by atoms with van der Waals surface area (Å²) in [6.07, 6.45) is 0. The number of methoxy groups -OCH3 is 1. The molecule has 0 fully saturated rings. The lowest BCUT2D eigenvalue weighted by molar-refractivity contribution is 0.414. The van der Waals surface area contributed by atoms with Gasteiger partial charge in [-0.3, -0.25) is 0 Å². The van der Waals surface area contributed by atoms with Crippen molar-refractivity contribution in [2.75, 3.05) is 7.11 Å². The smallest absolute Gasteiger partial charge is 0.336 e. The number of ether oxygens (including phenoxy) is 1. The Morgan fingerprint density at radius 3 is 2.64 bits per heavy atom. The molecule has 0 aliphatic heterocycles. The van der Waals surface area contributed by atoms with Crippen molar-refractivity contribution in [1.29, 1.82) is 0 Å². The Morgan fingerprint density at radius 2 is 1.92 bits per heavy atom. The van der Waals surface area contributed by atoms with Gasteiger partial charge < -0.3 is 9.15 Å². The van der Waals surface area contributed by atoms with E-state index in [1.54, 1.807) is 36.4 Å². The maximum atomic E-state index is 12.5. The summed E-state index contributed by atoms with van der Waals surface area (Å²) in [4.78, 5) is 0. The van der Waals surface area contributed by atoms with Gasteiger partial charge in [-0.2, -0.15) is 0 Å². The minimum absolute atomic E-state index is 0.00545. The van der Waals surface area contributed by atoms with Crippen molar-refractivity contribution in [3.05, 3.63) is 58.1 Å². The van der Waals surface area contributed by atoms with Gasteiger partial charge in [-0.15, -0.1) is 5.10 Å². The van der Waals surface area contributed by atoms with Crippen molar-refractivity contribution in [1.82, 2.24) is 10.2 Å². The quantitative estimate of drug-likeness (QED) is 0.645. The predicted molar refractivity (Wildman–Crippen MR) is 93.6 cm³/mol. The maximum absolute atomic E-state index is 12.5. The highest BCUT2D eigenvalue weighted by Gasteiger charge is 2.24. The van der Waals surface area contributed by atoms with Crippen LogP contribution in [-0.2, 0) is 15.6 Å². The molecule has 0 atom stereocenters. The number of sulfone groups is 1. The molecule has 0 spiro atoms. The van der Waals surface area contributed by atoms with Gasteiger partial charge in [-0.1, -0.05) is 40.4 Å². The first-order chi connectivity index (χ1) is 11.9. The average Bonchev–Trinajstić information content (AvgIpc) is 3.05. The zero-order valence-electron chi connectivity index (χ0n) is 12.9. The topological polar surface area (TPSA) is 82.3 Å². The predicted octanol–water partition coefficient (Wildman–Crippen LogP) is 4.03. The van der Waals surface area contributed by atoms with Gasteiger partial charge in [0.2, 0.25) is 15.7 Å². The first kappa shape index (κ1) is 17.7. The van der Waals surface area contributed by atoms with Gasteiger partial charge in [0.25, 0.3) is 0 Å². The van der Waals surface area contributed by atoms with Crippen molar-refractivity contribution in [3.8, 4) is 17.2 Å². The largest absolute Gasteiger partial charge is 0.497 e. The molecule has 9 heteroatoms. The molecule has 0 saturated carbocycles. The van der Waals surface area contributed by atoms with Crippen molar-refractivity contribution in [2.45, 2.75) is 11.0 Å². The van der Waals surface area contributed by atoms with Crippen LogP contribution < -0.4 is 4.74 Å². The fourth-order valence-corrected chi connectivity index (χ4v) is 3.75.